The van der Waals surface area contributed by atoms with E-state index in [1.54, 1.807) is 0 Å². The summed E-state index contributed by atoms with van der Waals surface area (Å²) >= 11 is 5.84. The van der Waals surface area contributed by atoms with Crippen LogP contribution in [0.3, 0.4) is 0 Å². The van der Waals surface area contributed by atoms with Crippen LogP contribution in [-0.4, -0.2) is 40.0 Å². The lowest BCUT2D eigenvalue weighted by atomic mass is 10.2. The molecular weight excluding hydrogens is 356 g/mol. The molecule has 0 fully saturated rings. The fourth-order valence-corrected chi connectivity index (χ4v) is 3.23. The Bertz CT molecular complexity index is 706. The zero-order chi connectivity index (χ0) is 18.3. The van der Waals surface area contributed by atoms with Crippen molar-refractivity contribution in [2.24, 2.45) is 0 Å². The minimum absolute atomic E-state index is 0.0101. The minimum atomic E-state index is -3.81. The summed E-state index contributed by atoms with van der Waals surface area (Å²) in [7, 11) is -2.57. The van der Waals surface area contributed by atoms with Crippen LogP contribution in [0.1, 0.15) is 37.0 Å². The molecule has 2 N–H and O–H groups in total. The van der Waals surface area contributed by atoms with E-state index in [0.717, 1.165) is 18.9 Å². The second-order valence-electron chi connectivity index (χ2n) is 5.19. The third kappa shape index (κ3) is 5.77. The Hall–Kier alpha value is -1.64. The van der Waals surface area contributed by atoms with Gasteiger partial charge in [-0.1, -0.05) is 24.9 Å². The second-order valence-corrected chi connectivity index (χ2v) is 7.45. The van der Waals surface area contributed by atoms with E-state index in [1.807, 2.05) is 13.8 Å². The van der Waals surface area contributed by atoms with Crippen LogP contribution in [0.15, 0.2) is 23.1 Å². The number of esters is 1. The van der Waals surface area contributed by atoms with E-state index in [4.69, 9.17) is 16.3 Å². The number of halogens is 1. The number of carbonyl (C=O) groups is 2. The van der Waals surface area contributed by atoms with Crippen LogP contribution < -0.4 is 10.0 Å². The first-order valence-corrected chi connectivity index (χ1v) is 9.27. The summed E-state index contributed by atoms with van der Waals surface area (Å²) in [6.45, 7) is 3.42. The number of hydrogen-bond donors (Lipinski definition) is 2. The SMILES string of the molecule is CCC[C@H](C)NC(=O)COC(=O)c1ccc(Cl)c(S(=O)(=O)NC)c1. The van der Waals surface area contributed by atoms with Crippen LogP contribution in [0.2, 0.25) is 5.02 Å². The van der Waals surface area contributed by atoms with Crippen LogP contribution in [-0.2, 0) is 19.6 Å². The van der Waals surface area contributed by atoms with Gasteiger partial charge >= 0.3 is 5.97 Å². The summed E-state index contributed by atoms with van der Waals surface area (Å²) in [5.74, 6) is -1.22. The van der Waals surface area contributed by atoms with Crippen molar-refractivity contribution in [2.75, 3.05) is 13.7 Å². The lowest BCUT2D eigenvalue weighted by Gasteiger charge is -2.13. The summed E-state index contributed by atoms with van der Waals surface area (Å²) in [5, 5.41) is 2.68. The number of amides is 1. The third-order valence-electron chi connectivity index (χ3n) is 3.19. The normalized spacial score (nSPS) is 12.5. The summed E-state index contributed by atoms with van der Waals surface area (Å²) in [5.41, 5.74) is -0.0115. The number of carbonyl (C=O) groups excluding carboxylic acids is 2. The Morgan fingerprint density at radius 1 is 1.33 bits per heavy atom. The highest BCUT2D eigenvalue weighted by molar-refractivity contribution is 7.89. The molecule has 134 valence electrons. The summed E-state index contributed by atoms with van der Waals surface area (Å²) in [6.07, 6.45) is 1.75. The topological polar surface area (TPSA) is 102 Å². The average Bonchev–Trinajstić information content (AvgIpc) is 2.53. The van der Waals surface area contributed by atoms with Crippen molar-refractivity contribution in [3.8, 4) is 0 Å². The van der Waals surface area contributed by atoms with E-state index in [2.05, 4.69) is 10.0 Å². The molecule has 0 radical (unpaired) electrons. The smallest absolute Gasteiger partial charge is 0.338 e. The standard InChI is InChI=1S/C15H21ClN2O5S/c1-4-5-10(2)18-14(19)9-23-15(20)11-6-7-12(16)13(8-11)24(21,22)17-3/h6-8,10,17H,4-5,9H2,1-3H3,(H,18,19)/t10-/m0/s1. The van der Waals surface area contributed by atoms with Crippen LogP contribution in [0.25, 0.3) is 0 Å². The Balaban J connectivity index is 2.76. The van der Waals surface area contributed by atoms with E-state index < -0.39 is 28.5 Å². The molecule has 1 amide bonds. The highest BCUT2D eigenvalue weighted by Gasteiger charge is 2.19. The van der Waals surface area contributed by atoms with Gasteiger partial charge in [0.05, 0.1) is 10.6 Å². The van der Waals surface area contributed by atoms with Gasteiger partial charge in [-0.3, -0.25) is 4.79 Å². The van der Waals surface area contributed by atoms with Crippen LogP contribution in [0, 0.1) is 0 Å². The van der Waals surface area contributed by atoms with E-state index >= 15 is 0 Å². The summed E-state index contributed by atoms with van der Waals surface area (Å²) in [4.78, 5) is 23.4. The number of ether oxygens (including phenoxy) is 1. The zero-order valence-corrected chi connectivity index (χ0v) is 15.3. The molecule has 1 aromatic carbocycles. The van der Waals surface area contributed by atoms with Crippen molar-refractivity contribution in [3.63, 3.8) is 0 Å². The molecule has 9 heteroatoms. The predicted molar refractivity (Wildman–Crippen MR) is 90.5 cm³/mol. The van der Waals surface area contributed by atoms with Crippen molar-refractivity contribution in [2.45, 2.75) is 37.6 Å². The van der Waals surface area contributed by atoms with Gasteiger partial charge in [0.25, 0.3) is 5.91 Å². The molecule has 0 aromatic heterocycles. The fraction of sp³-hybridized carbons (Fsp3) is 0.467. The number of benzene rings is 1. The monoisotopic (exact) mass is 376 g/mol. The minimum Gasteiger partial charge on any atom is -0.452 e. The lowest BCUT2D eigenvalue weighted by molar-refractivity contribution is -0.124. The van der Waals surface area contributed by atoms with Gasteiger partial charge < -0.3 is 10.1 Å². The fourth-order valence-electron chi connectivity index (χ4n) is 1.98. The molecule has 0 aliphatic heterocycles. The molecule has 24 heavy (non-hydrogen) atoms. The Morgan fingerprint density at radius 2 is 2.00 bits per heavy atom. The van der Waals surface area contributed by atoms with Gasteiger partial charge in [0, 0.05) is 6.04 Å². The maximum Gasteiger partial charge on any atom is 0.338 e. The van der Waals surface area contributed by atoms with Gasteiger partial charge in [-0.2, -0.15) is 0 Å². The summed E-state index contributed by atoms with van der Waals surface area (Å²) in [6, 6.07) is 3.71. The van der Waals surface area contributed by atoms with Crippen molar-refractivity contribution in [3.05, 3.63) is 28.8 Å². The number of rotatable bonds is 8. The number of sulfonamides is 1. The van der Waals surface area contributed by atoms with Gasteiger partial charge in [0.15, 0.2) is 6.61 Å². The molecule has 0 aliphatic rings. The Labute approximate surface area is 146 Å². The molecule has 0 saturated carbocycles. The molecule has 1 atom stereocenters. The van der Waals surface area contributed by atoms with Crippen molar-refractivity contribution in [1.29, 1.82) is 0 Å². The van der Waals surface area contributed by atoms with E-state index in [9.17, 15) is 18.0 Å². The molecule has 1 aromatic rings. The zero-order valence-electron chi connectivity index (χ0n) is 13.8. The molecule has 7 nitrogen and oxygen atoms in total. The van der Waals surface area contributed by atoms with Gasteiger partial charge in [0.1, 0.15) is 4.90 Å². The first-order valence-electron chi connectivity index (χ1n) is 7.40. The van der Waals surface area contributed by atoms with Gasteiger partial charge in [-0.05, 0) is 38.6 Å². The maximum atomic E-state index is 12.0. The quantitative estimate of drug-likeness (QED) is 0.672. The first kappa shape index (κ1) is 20.4. The van der Waals surface area contributed by atoms with Crippen LogP contribution in [0.4, 0.5) is 0 Å². The molecule has 0 saturated heterocycles. The van der Waals surface area contributed by atoms with Crippen molar-refractivity contribution >= 4 is 33.5 Å². The largest absolute Gasteiger partial charge is 0.452 e. The van der Waals surface area contributed by atoms with E-state index in [1.165, 1.54) is 19.2 Å². The van der Waals surface area contributed by atoms with Crippen LogP contribution in [0.5, 0.6) is 0 Å². The Kier molecular flexibility index (Phi) is 7.65. The molecule has 0 spiro atoms. The highest BCUT2D eigenvalue weighted by Crippen LogP contribution is 2.22. The van der Waals surface area contributed by atoms with Gasteiger partial charge in [-0.25, -0.2) is 17.9 Å². The van der Waals surface area contributed by atoms with Crippen molar-refractivity contribution < 1.29 is 22.7 Å². The predicted octanol–water partition coefficient (Wildman–Crippen LogP) is 1.71. The number of nitrogens with one attached hydrogen (secondary N) is 2. The lowest BCUT2D eigenvalue weighted by Crippen LogP contribution is -2.35. The molecular formula is C15H21ClN2O5S. The maximum absolute atomic E-state index is 12.0. The molecule has 0 bridgehead atoms. The molecule has 0 unspecified atom stereocenters. The van der Waals surface area contributed by atoms with Crippen LogP contribution >= 0.6 is 11.6 Å². The molecule has 0 heterocycles. The van der Waals surface area contributed by atoms with Crippen molar-refractivity contribution in [1.82, 2.24) is 10.0 Å². The second kappa shape index (κ2) is 9.00. The van der Waals surface area contributed by atoms with Gasteiger partial charge in [0.2, 0.25) is 10.0 Å². The molecule has 0 aliphatic carbocycles. The Morgan fingerprint density at radius 3 is 2.58 bits per heavy atom. The summed E-state index contributed by atoms with van der Waals surface area (Å²) < 4.78 is 30.7. The van der Waals surface area contributed by atoms with E-state index in [-0.39, 0.29) is 21.5 Å². The number of hydrogen-bond acceptors (Lipinski definition) is 5. The first-order chi connectivity index (χ1) is 11.2. The van der Waals surface area contributed by atoms with Gasteiger partial charge in [-0.15, -0.1) is 0 Å². The highest BCUT2D eigenvalue weighted by atomic mass is 35.5. The third-order valence-corrected chi connectivity index (χ3v) is 5.08. The van der Waals surface area contributed by atoms with E-state index in [0.29, 0.717) is 0 Å². The average molecular weight is 377 g/mol. The molecule has 1 rings (SSSR count).